The molecule has 1 N–H and O–H groups in total. The predicted molar refractivity (Wildman–Crippen MR) is 402 cm³/mol. The van der Waals surface area contributed by atoms with Gasteiger partial charge in [-0.3, -0.25) is 9.59 Å². The molecule has 494 valence electrons. The maximum Gasteiger partial charge on any atom is 0.188 e. The van der Waals surface area contributed by atoms with Crippen LogP contribution in [-0.4, -0.2) is 30.4 Å². The van der Waals surface area contributed by atoms with Gasteiger partial charge in [0.2, 0.25) is 0 Å². The first-order valence-electron chi connectivity index (χ1n) is 33.8. The molecule has 0 saturated carbocycles. The van der Waals surface area contributed by atoms with E-state index in [4.69, 9.17) is 21.4 Å². The van der Waals surface area contributed by atoms with Gasteiger partial charge >= 0.3 is 0 Å². The maximum atomic E-state index is 11.2. The summed E-state index contributed by atoms with van der Waals surface area (Å²) in [6.07, 6.45) is 6.94. The second-order valence-corrected chi connectivity index (χ2v) is 21.5. The van der Waals surface area contributed by atoms with Crippen molar-refractivity contribution in [1.82, 2.24) is 0 Å². The van der Waals surface area contributed by atoms with Crippen molar-refractivity contribution >= 4 is 49.9 Å². The molecule has 0 saturated heterocycles. The van der Waals surface area contributed by atoms with Gasteiger partial charge in [0.1, 0.15) is 12.4 Å². The van der Waals surface area contributed by atoms with Crippen molar-refractivity contribution < 1.29 is 19.4 Å². The quantitative estimate of drug-likeness (QED) is 0.0980. The molecule has 6 heteroatoms. The molecule has 0 heterocycles. The Balaban J connectivity index is -0.000000303. The SMILES string of the molecule is CC.CC.CC.CC.CC.CC.CCC(C)c1ccc(Cl)cc1.CCC(C)c1ccc(OC)c(C)c1.CCC(C)c1cccc(Br)c1.CCC(C)c1cccc(C(=O)CO)c1.CCC(C)c1cccc(C(C)=O)c1.CCC(C)c1cccc2ccccc12. The topological polar surface area (TPSA) is 63.6 Å². The van der Waals surface area contributed by atoms with E-state index < -0.39 is 6.61 Å². The van der Waals surface area contributed by atoms with E-state index in [9.17, 15) is 9.59 Å². The minimum Gasteiger partial charge on any atom is -0.496 e. The molecule has 0 radical (unpaired) electrons. The molecule has 6 unspecified atom stereocenters. The van der Waals surface area contributed by atoms with E-state index >= 15 is 0 Å². The van der Waals surface area contributed by atoms with Gasteiger partial charge in [0.25, 0.3) is 0 Å². The molecule has 7 aromatic rings. The number of ether oxygens (including phenoxy) is 1. The number of carbonyl (C=O) groups is 2. The number of aryl methyl sites for hydroxylation is 1. The van der Waals surface area contributed by atoms with Gasteiger partial charge < -0.3 is 9.84 Å². The van der Waals surface area contributed by atoms with Crippen LogP contribution in [0.15, 0.2) is 162 Å². The van der Waals surface area contributed by atoms with Crippen LogP contribution < -0.4 is 4.74 Å². The number of Topliss-reactive ketones (excluding diaryl/α,β-unsaturated/α-hetero) is 2. The highest BCUT2D eigenvalue weighted by molar-refractivity contribution is 9.10. The summed E-state index contributed by atoms with van der Waals surface area (Å²) in [4.78, 5) is 22.3. The molecule has 0 spiro atoms. The van der Waals surface area contributed by atoms with Crippen LogP contribution >= 0.6 is 27.5 Å². The molecule has 7 rings (SSSR count). The summed E-state index contributed by atoms with van der Waals surface area (Å²) in [5.41, 5.74) is 10.7. The number of benzene rings is 7. The molecule has 88 heavy (non-hydrogen) atoms. The number of ketones is 2. The van der Waals surface area contributed by atoms with Gasteiger partial charge in [-0.15, -0.1) is 0 Å². The lowest BCUT2D eigenvalue weighted by Gasteiger charge is -2.12. The summed E-state index contributed by atoms with van der Waals surface area (Å²) >= 11 is 9.22. The Morgan fingerprint density at radius 3 is 1.22 bits per heavy atom. The molecule has 0 fully saturated rings. The summed E-state index contributed by atoms with van der Waals surface area (Å²) in [7, 11) is 1.71. The molecule has 0 amide bonds. The Morgan fingerprint density at radius 2 is 0.807 bits per heavy atom. The molecular formula is C82H128BrClO4. The third kappa shape index (κ3) is 37.6. The van der Waals surface area contributed by atoms with Crippen LogP contribution in [0.1, 0.15) is 307 Å². The monoisotopic (exact) mass is 1290 g/mol. The molecular weight excluding hydrogens is 1160 g/mol. The highest BCUT2D eigenvalue weighted by Crippen LogP contribution is 2.29. The van der Waals surface area contributed by atoms with Crippen molar-refractivity contribution in [2.45, 2.75) is 254 Å². The number of carbonyl (C=O) groups excluding carboxylic acids is 2. The second kappa shape index (κ2) is 59.3. The predicted octanol–water partition coefficient (Wildman–Crippen LogP) is 27.6. The molecule has 0 bridgehead atoms. The zero-order valence-electron chi connectivity index (χ0n) is 60.9. The van der Waals surface area contributed by atoms with E-state index in [0.717, 1.165) is 34.7 Å². The Bertz CT molecular complexity index is 2740. The number of halogens is 2. The molecule has 6 atom stereocenters. The van der Waals surface area contributed by atoms with Crippen LogP contribution in [-0.2, 0) is 0 Å². The number of fused-ring (bicyclic) bond motifs is 1. The van der Waals surface area contributed by atoms with E-state index in [0.29, 0.717) is 41.1 Å². The van der Waals surface area contributed by atoms with Gasteiger partial charge in [-0.1, -0.05) is 309 Å². The van der Waals surface area contributed by atoms with Crippen molar-refractivity contribution in [1.29, 1.82) is 0 Å². The van der Waals surface area contributed by atoms with Crippen LogP contribution in [0.25, 0.3) is 10.8 Å². The lowest BCUT2D eigenvalue weighted by molar-refractivity contribution is 0.0903. The van der Waals surface area contributed by atoms with E-state index in [-0.39, 0.29) is 11.6 Å². The molecule has 0 aliphatic heterocycles. The van der Waals surface area contributed by atoms with Gasteiger partial charge in [0.05, 0.1) is 7.11 Å². The fourth-order valence-electron chi connectivity index (χ4n) is 8.07. The van der Waals surface area contributed by atoms with Gasteiger partial charge in [0.15, 0.2) is 11.6 Å². The first-order chi connectivity index (χ1) is 42.3. The van der Waals surface area contributed by atoms with E-state index in [1.54, 1.807) is 20.1 Å². The number of rotatable bonds is 16. The smallest absolute Gasteiger partial charge is 0.188 e. The molecule has 0 aliphatic rings. The maximum absolute atomic E-state index is 11.2. The van der Waals surface area contributed by atoms with Crippen molar-refractivity contribution in [2.24, 2.45) is 0 Å². The summed E-state index contributed by atoms with van der Waals surface area (Å²) in [5, 5.41) is 12.3. The fourth-order valence-corrected chi connectivity index (χ4v) is 8.61. The number of aliphatic hydroxyl groups is 1. The molecule has 4 nitrogen and oxygen atoms in total. The average Bonchev–Trinajstić information content (AvgIpc) is 3.74. The summed E-state index contributed by atoms with van der Waals surface area (Å²) in [6.45, 7) is 53.7. The number of hydrogen-bond acceptors (Lipinski definition) is 4. The highest BCUT2D eigenvalue weighted by Gasteiger charge is 2.10. The Hall–Kier alpha value is -5.33. The second-order valence-electron chi connectivity index (χ2n) is 20.1. The average molecular weight is 1290 g/mol. The highest BCUT2D eigenvalue weighted by atomic mass is 79.9. The van der Waals surface area contributed by atoms with Gasteiger partial charge in [-0.25, -0.2) is 0 Å². The third-order valence-corrected chi connectivity index (χ3v) is 15.4. The number of hydrogen-bond donors (Lipinski definition) is 1. The first kappa shape index (κ1) is 91.4. The molecule has 7 aromatic carbocycles. The fraction of sp³-hybridized carbons (Fsp3) is 0.488. The third-order valence-electron chi connectivity index (χ3n) is 14.7. The minimum absolute atomic E-state index is 0.144. The van der Waals surface area contributed by atoms with Gasteiger partial charge in [0, 0.05) is 20.6 Å². The van der Waals surface area contributed by atoms with Crippen molar-refractivity contribution in [2.75, 3.05) is 13.7 Å². The lowest BCUT2D eigenvalue weighted by atomic mass is 9.93. The molecule has 0 aliphatic carbocycles. The summed E-state index contributed by atoms with van der Waals surface area (Å²) in [5.74, 6) is 4.53. The van der Waals surface area contributed by atoms with Crippen LogP contribution in [0.2, 0.25) is 5.02 Å². The zero-order valence-corrected chi connectivity index (χ0v) is 63.2. The van der Waals surface area contributed by atoms with Crippen molar-refractivity contribution in [3.63, 3.8) is 0 Å². The Labute approximate surface area is 556 Å². The first-order valence-corrected chi connectivity index (χ1v) is 35.0. The van der Waals surface area contributed by atoms with E-state index in [1.807, 2.05) is 132 Å². The van der Waals surface area contributed by atoms with Gasteiger partial charge in [-0.05, 0) is 180 Å². The van der Waals surface area contributed by atoms with Crippen molar-refractivity contribution in [3.8, 4) is 5.75 Å². The number of methoxy groups -OCH3 is 1. The van der Waals surface area contributed by atoms with Crippen LogP contribution in [0.5, 0.6) is 5.75 Å². The zero-order chi connectivity index (χ0) is 68.7. The summed E-state index contributed by atoms with van der Waals surface area (Å²) < 4.78 is 6.39. The van der Waals surface area contributed by atoms with E-state index in [2.05, 4.69) is 209 Å². The number of aliphatic hydroxyl groups excluding tert-OH is 1. The minimum atomic E-state index is -0.413. The Morgan fingerprint density at radius 1 is 0.443 bits per heavy atom. The van der Waals surface area contributed by atoms with Crippen molar-refractivity contribution in [3.05, 3.63) is 217 Å². The van der Waals surface area contributed by atoms with Gasteiger partial charge in [-0.2, -0.15) is 0 Å². The normalized spacial score (nSPS) is 11.4. The lowest BCUT2D eigenvalue weighted by Crippen LogP contribution is -2.05. The van der Waals surface area contributed by atoms with Crippen LogP contribution in [0.4, 0.5) is 0 Å². The summed E-state index contributed by atoms with van der Waals surface area (Å²) in [6, 6.07) is 53.6. The van der Waals surface area contributed by atoms with Crippen LogP contribution in [0, 0.1) is 6.92 Å². The standard InChI is InChI=1S/C14H16.C12H16O2.C12H18O.C12H16O.C10H13Br.C10H13Cl.6C2H6/c1-3-11(2)13-10-6-8-12-7-4-5-9-14(12)13;1-3-9(2)10-5-4-6-11(7-10)12(14)8-13;1-5-9(2)11-6-7-12(13-4)10(3)8-11;1-4-9(2)11-6-5-7-12(8-11)10(3)13;1-3-8(2)9-5-4-6-10(11)7-9;1-3-8(2)9-4-6-10(11)7-5-9;6*1-2/h4-11H,3H2,1-2H3;4-7,9,13H,3,8H2,1-2H3;6-9H,5H2,1-4H3;5-9H,4H2,1-3H3;2*4-8H,3H2,1-2H3;6*1-2H3. The van der Waals surface area contributed by atoms with Crippen LogP contribution in [0.3, 0.4) is 0 Å². The molecule has 0 aromatic heterocycles. The van der Waals surface area contributed by atoms with E-state index in [1.165, 1.54) is 74.3 Å². The largest absolute Gasteiger partial charge is 0.496 e. The Kier molecular flexibility index (Phi) is 61.6.